The average Bonchev–Trinajstić information content (AvgIpc) is 2.56. The van der Waals surface area contributed by atoms with E-state index in [4.69, 9.17) is 11.6 Å². The molecule has 2 rings (SSSR count). The second kappa shape index (κ2) is 8.16. The number of rotatable bonds is 6. The van der Waals surface area contributed by atoms with Crippen LogP contribution in [0.1, 0.15) is 24.5 Å². The van der Waals surface area contributed by atoms with Crippen LogP contribution >= 0.6 is 11.6 Å². The van der Waals surface area contributed by atoms with Crippen LogP contribution in [0.4, 0.5) is 10.1 Å². The Morgan fingerprint density at radius 2 is 1.81 bits per heavy atom. The third-order valence-electron chi connectivity index (χ3n) is 3.83. The molecule has 0 heterocycles. The highest BCUT2D eigenvalue weighted by Crippen LogP contribution is 2.27. The summed E-state index contributed by atoms with van der Waals surface area (Å²) in [5.74, 6) is -1.06. The van der Waals surface area contributed by atoms with E-state index >= 15 is 0 Å². The molecule has 140 valence electrons. The molecule has 0 aliphatic carbocycles. The Hall–Kier alpha value is -1.96. The molecule has 26 heavy (non-hydrogen) atoms. The maximum Gasteiger partial charge on any atom is 0.242 e. The number of carbonyl (C=O) groups is 1. The van der Waals surface area contributed by atoms with Gasteiger partial charge in [-0.3, -0.25) is 4.79 Å². The molecule has 8 heteroatoms. The van der Waals surface area contributed by atoms with Crippen molar-refractivity contribution in [2.45, 2.75) is 38.1 Å². The Balaban J connectivity index is 2.20. The Labute approximate surface area is 157 Å². The molecule has 0 aromatic heterocycles. The van der Waals surface area contributed by atoms with E-state index in [0.717, 1.165) is 35.4 Å². The summed E-state index contributed by atoms with van der Waals surface area (Å²) in [4.78, 5) is 12.4. The van der Waals surface area contributed by atoms with E-state index in [1.54, 1.807) is 19.9 Å². The zero-order valence-corrected chi connectivity index (χ0v) is 16.2. The first kappa shape index (κ1) is 20.4. The molecule has 2 aromatic carbocycles. The van der Waals surface area contributed by atoms with E-state index in [1.165, 1.54) is 0 Å². The molecule has 0 aliphatic heterocycles. The standard InChI is InChI=1S/C18H20ClFN2O3S/c1-4-16(22-26(24,25)14-7-5-13(20)6-8-14)18(23)21-17-12(3)9-11(2)10-15(17)19/h5-10,16,22H,4H2,1-3H3,(H,21,23). The van der Waals surface area contributed by atoms with Gasteiger partial charge in [0.05, 0.1) is 15.6 Å². The molecule has 0 bridgehead atoms. The van der Waals surface area contributed by atoms with Crippen LogP contribution < -0.4 is 10.0 Å². The zero-order valence-electron chi connectivity index (χ0n) is 14.6. The van der Waals surface area contributed by atoms with Crippen LogP contribution in [0.25, 0.3) is 0 Å². The third-order valence-corrected chi connectivity index (χ3v) is 5.61. The minimum atomic E-state index is -3.96. The lowest BCUT2D eigenvalue weighted by atomic mass is 10.1. The molecule has 0 spiro atoms. The van der Waals surface area contributed by atoms with E-state index < -0.39 is 27.8 Å². The van der Waals surface area contributed by atoms with Crippen molar-refractivity contribution in [3.63, 3.8) is 0 Å². The van der Waals surface area contributed by atoms with Crippen molar-refractivity contribution in [3.8, 4) is 0 Å². The maximum atomic E-state index is 13.0. The van der Waals surface area contributed by atoms with Gasteiger partial charge >= 0.3 is 0 Å². The minimum absolute atomic E-state index is 0.116. The van der Waals surface area contributed by atoms with Gasteiger partial charge in [-0.1, -0.05) is 24.6 Å². The number of benzene rings is 2. The van der Waals surface area contributed by atoms with Crippen LogP contribution in [0.2, 0.25) is 5.02 Å². The number of anilines is 1. The first-order valence-corrected chi connectivity index (χ1v) is 9.85. The van der Waals surface area contributed by atoms with Crippen molar-refractivity contribution in [3.05, 3.63) is 58.4 Å². The van der Waals surface area contributed by atoms with E-state index in [9.17, 15) is 17.6 Å². The van der Waals surface area contributed by atoms with Gasteiger partial charge in [-0.25, -0.2) is 12.8 Å². The summed E-state index contributed by atoms with van der Waals surface area (Å²) in [5, 5.41) is 3.06. The molecular weight excluding hydrogens is 379 g/mol. The van der Waals surface area contributed by atoms with E-state index in [1.807, 2.05) is 13.0 Å². The summed E-state index contributed by atoms with van der Waals surface area (Å²) in [6.07, 6.45) is 0.231. The predicted molar refractivity (Wildman–Crippen MR) is 100 cm³/mol. The van der Waals surface area contributed by atoms with Crippen molar-refractivity contribution in [2.75, 3.05) is 5.32 Å². The van der Waals surface area contributed by atoms with Crippen molar-refractivity contribution in [1.29, 1.82) is 0 Å². The minimum Gasteiger partial charge on any atom is -0.323 e. The second-order valence-electron chi connectivity index (χ2n) is 5.96. The van der Waals surface area contributed by atoms with Gasteiger partial charge in [0.2, 0.25) is 15.9 Å². The first-order chi connectivity index (χ1) is 12.1. The molecular formula is C18H20ClFN2O3S. The van der Waals surface area contributed by atoms with Crippen molar-refractivity contribution in [2.24, 2.45) is 0 Å². The Bertz CT molecular complexity index is 892. The molecule has 2 aromatic rings. The molecule has 0 saturated carbocycles. The summed E-state index contributed by atoms with van der Waals surface area (Å²) in [5.41, 5.74) is 2.18. The van der Waals surface area contributed by atoms with Crippen LogP contribution in [0.15, 0.2) is 41.3 Å². The van der Waals surface area contributed by atoms with Crippen molar-refractivity contribution < 1.29 is 17.6 Å². The average molecular weight is 399 g/mol. The SMILES string of the molecule is CCC(NS(=O)(=O)c1ccc(F)cc1)C(=O)Nc1c(C)cc(C)cc1Cl. The van der Waals surface area contributed by atoms with Crippen LogP contribution in [0, 0.1) is 19.7 Å². The third kappa shape index (κ3) is 4.81. The number of amides is 1. The van der Waals surface area contributed by atoms with Gasteiger partial charge in [0.1, 0.15) is 11.9 Å². The molecule has 5 nitrogen and oxygen atoms in total. The smallest absolute Gasteiger partial charge is 0.242 e. The normalized spacial score (nSPS) is 12.7. The lowest BCUT2D eigenvalue weighted by Crippen LogP contribution is -2.43. The van der Waals surface area contributed by atoms with Crippen LogP contribution in [0.5, 0.6) is 0 Å². The molecule has 1 unspecified atom stereocenters. The monoisotopic (exact) mass is 398 g/mol. The molecule has 0 radical (unpaired) electrons. The fraction of sp³-hybridized carbons (Fsp3) is 0.278. The summed E-state index contributed by atoms with van der Waals surface area (Å²) >= 11 is 6.18. The molecule has 1 atom stereocenters. The second-order valence-corrected chi connectivity index (χ2v) is 8.09. The summed E-state index contributed by atoms with van der Waals surface area (Å²) in [7, 11) is -3.96. The van der Waals surface area contributed by atoms with Gasteiger partial charge < -0.3 is 5.32 Å². The van der Waals surface area contributed by atoms with Gasteiger partial charge in [0, 0.05) is 0 Å². The number of aryl methyl sites for hydroxylation is 2. The number of carbonyl (C=O) groups excluding carboxylic acids is 1. The van der Waals surface area contributed by atoms with Crippen LogP contribution in [-0.4, -0.2) is 20.4 Å². The van der Waals surface area contributed by atoms with Gasteiger partial charge in [-0.05, 0) is 61.7 Å². The molecule has 2 N–H and O–H groups in total. The first-order valence-electron chi connectivity index (χ1n) is 7.99. The maximum absolute atomic E-state index is 13.0. The Morgan fingerprint density at radius 3 is 2.35 bits per heavy atom. The zero-order chi connectivity index (χ0) is 19.5. The largest absolute Gasteiger partial charge is 0.323 e. The molecule has 0 saturated heterocycles. The highest BCUT2D eigenvalue weighted by Gasteiger charge is 2.25. The van der Waals surface area contributed by atoms with Gasteiger partial charge in [-0.2, -0.15) is 4.72 Å². The van der Waals surface area contributed by atoms with E-state index in [2.05, 4.69) is 10.0 Å². The van der Waals surface area contributed by atoms with Crippen molar-refractivity contribution in [1.82, 2.24) is 4.72 Å². The predicted octanol–water partition coefficient (Wildman–Crippen LogP) is 3.79. The quantitative estimate of drug-likeness (QED) is 0.777. The Morgan fingerprint density at radius 1 is 1.19 bits per heavy atom. The summed E-state index contributed by atoms with van der Waals surface area (Å²) in [6, 6.07) is 6.96. The van der Waals surface area contributed by atoms with Gasteiger partial charge in [0.25, 0.3) is 0 Å². The number of halogens is 2. The fourth-order valence-electron chi connectivity index (χ4n) is 2.48. The molecule has 1 amide bonds. The topological polar surface area (TPSA) is 75.3 Å². The fourth-order valence-corrected chi connectivity index (χ4v) is 4.12. The summed E-state index contributed by atoms with van der Waals surface area (Å²) < 4.78 is 40.1. The number of nitrogens with one attached hydrogen (secondary N) is 2. The lowest BCUT2D eigenvalue weighted by Gasteiger charge is -2.19. The van der Waals surface area contributed by atoms with E-state index in [-0.39, 0.29) is 11.3 Å². The Kier molecular flexibility index (Phi) is 6.39. The van der Waals surface area contributed by atoms with Crippen molar-refractivity contribution >= 4 is 33.2 Å². The van der Waals surface area contributed by atoms with Crippen LogP contribution in [0.3, 0.4) is 0 Å². The molecule has 0 fully saturated rings. The number of sulfonamides is 1. The summed E-state index contributed by atoms with van der Waals surface area (Å²) in [6.45, 7) is 5.37. The lowest BCUT2D eigenvalue weighted by molar-refractivity contribution is -0.117. The van der Waals surface area contributed by atoms with E-state index in [0.29, 0.717) is 10.7 Å². The number of hydrogen-bond acceptors (Lipinski definition) is 3. The highest BCUT2D eigenvalue weighted by molar-refractivity contribution is 7.89. The van der Waals surface area contributed by atoms with Gasteiger partial charge in [-0.15, -0.1) is 0 Å². The van der Waals surface area contributed by atoms with Gasteiger partial charge in [0.15, 0.2) is 0 Å². The highest BCUT2D eigenvalue weighted by atomic mass is 35.5. The van der Waals surface area contributed by atoms with Crippen LogP contribution in [-0.2, 0) is 14.8 Å². The molecule has 0 aliphatic rings. The number of hydrogen-bond donors (Lipinski definition) is 2.